The van der Waals surface area contributed by atoms with Gasteiger partial charge in [0.15, 0.2) is 62.9 Å². The van der Waals surface area contributed by atoms with Crippen molar-refractivity contribution in [3.8, 4) is 103 Å². The molecule has 238 valence electrons. The van der Waals surface area contributed by atoms with Crippen molar-refractivity contribution in [2.24, 2.45) is 0 Å². The van der Waals surface area contributed by atoms with E-state index in [0.29, 0.717) is 0 Å². The topological polar surface area (TPSA) is 296 Å². The minimum atomic E-state index is -1.22. The van der Waals surface area contributed by atoms with Gasteiger partial charge in [0.05, 0.1) is 16.3 Å². The molecule has 47 heavy (non-hydrogen) atoms. The first kappa shape index (κ1) is 28.6. The van der Waals surface area contributed by atoms with Gasteiger partial charge >= 0.3 is 0 Å². The van der Waals surface area contributed by atoms with Crippen molar-refractivity contribution < 1.29 is 75.9 Å². The Labute approximate surface area is 258 Å². The van der Waals surface area contributed by atoms with Gasteiger partial charge in [0.2, 0.25) is 23.0 Å². The summed E-state index contributed by atoms with van der Waals surface area (Å²) in [7, 11) is 0. The van der Waals surface area contributed by atoms with Crippen LogP contribution >= 0.6 is 0 Å². The van der Waals surface area contributed by atoms with Gasteiger partial charge in [0.25, 0.3) is 0 Å². The Kier molecular flexibility index (Phi) is 5.59. The Morgan fingerprint density at radius 2 is 0.681 bits per heavy atom. The summed E-state index contributed by atoms with van der Waals surface area (Å²) in [6, 6.07) is 6.06. The Bertz CT molecular complexity index is 2470. The summed E-state index contributed by atoms with van der Waals surface area (Å²) in [6.07, 6.45) is 0. The van der Waals surface area contributed by atoms with Gasteiger partial charge in [-0.3, -0.25) is 0 Å². The number of furan rings is 1. The number of rotatable bonds is 2. The van der Waals surface area contributed by atoms with Crippen LogP contribution in [0.4, 0.5) is 0 Å². The molecule has 0 saturated carbocycles. The third-order valence-electron chi connectivity index (χ3n) is 8.10. The SMILES string of the molecule is Oc1cc2c(-c3cc(O)c(O)c(O)c3)c3cc(O)c(O)cc3c(-c3c(O)c(O)c4oc5c(O)c(O)c(O)c(O)c5c4c3O)c2cc1O. The Morgan fingerprint density at radius 3 is 1.15 bits per heavy atom. The second-order valence-electron chi connectivity index (χ2n) is 10.7. The smallest absolute Gasteiger partial charge is 0.208 e. The molecule has 15 heteroatoms. The Hall–Kier alpha value is -7.16. The van der Waals surface area contributed by atoms with Gasteiger partial charge < -0.3 is 75.9 Å². The molecule has 0 amide bonds. The van der Waals surface area contributed by atoms with E-state index in [1.807, 2.05) is 0 Å². The predicted molar refractivity (Wildman–Crippen MR) is 163 cm³/mol. The lowest BCUT2D eigenvalue weighted by molar-refractivity contribution is 0.348. The number of hydrogen-bond acceptors (Lipinski definition) is 15. The first-order valence-electron chi connectivity index (χ1n) is 13.3. The lowest BCUT2D eigenvalue weighted by Gasteiger charge is -2.21. The highest BCUT2D eigenvalue weighted by Gasteiger charge is 2.33. The van der Waals surface area contributed by atoms with Crippen LogP contribution in [0.5, 0.6) is 80.5 Å². The zero-order chi connectivity index (χ0) is 34.0. The first-order chi connectivity index (χ1) is 22.1. The molecule has 0 saturated heterocycles. The van der Waals surface area contributed by atoms with Gasteiger partial charge in [0.1, 0.15) is 5.75 Å². The van der Waals surface area contributed by atoms with Crippen molar-refractivity contribution in [1.82, 2.24) is 0 Å². The lowest BCUT2D eigenvalue weighted by Crippen LogP contribution is -1.93. The number of hydrogen-bond donors (Lipinski definition) is 14. The largest absolute Gasteiger partial charge is 0.506 e. The first-order valence-corrected chi connectivity index (χ1v) is 13.3. The van der Waals surface area contributed by atoms with E-state index < -0.39 is 108 Å². The molecular formula is C32H20O15. The average Bonchev–Trinajstić information content (AvgIpc) is 3.43. The van der Waals surface area contributed by atoms with Crippen LogP contribution in [0, 0.1) is 0 Å². The molecule has 0 fully saturated rings. The fraction of sp³-hybridized carbons (Fsp3) is 0. The van der Waals surface area contributed by atoms with E-state index in [1.165, 1.54) is 0 Å². The van der Waals surface area contributed by atoms with Crippen molar-refractivity contribution in [2.45, 2.75) is 0 Å². The molecule has 0 bridgehead atoms. The molecule has 0 unspecified atom stereocenters. The molecule has 0 spiro atoms. The molecule has 0 aliphatic carbocycles. The summed E-state index contributed by atoms with van der Waals surface area (Å²) < 4.78 is 5.37. The van der Waals surface area contributed by atoms with Crippen molar-refractivity contribution in [2.75, 3.05) is 0 Å². The average molecular weight is 644 g/mol. The highest BCUT2D eigenvalue weighted by atomic mass is 16.4. The Balaban J connectivity index is 1.77. The number of aromatic hydroxyl groups is 14. The summed E-state index contributed by atoms with van der Waals surface area (Å²) in [5.41, 5.74) is -2.39. The summed E-state index contributed by atoms with van der Waals surface area (Å²) in [4.78, 5) is 0. The third kappa shape index (κ3) is 3.61. The fourth-order valence-electron chi connectivity index (χ4n) is 5.97. The molecule has 0 atom stereocenters. The van der Waals surface area contributed by atoms with Crippen molar-refractivity contribution >= 4 is 43.5 Å². The molecule has 7 rings (SSSR count). The maximum absolute atomic E-state index is 11.7. The van der Waals surface area contributed by atoms with Crippen LogP contribution in [0.2, 0.25) is 0 Å². The number of fused-ring (bicyclic) bond motifs is 5. The number of phenols is 14. The van der Waals surface area contributed by atoms with Crippen LogP contribution in [0.25, 0.3) is 65.7 Å². The lowest BCUT2D eigenvalue weighted by atomic mass is 9.84. The van der Waals surface area contributed by atoms with Gasteiger partial charge in [-0.2, -0.15) is 0 Å². The highest BCUT2D eigenvalue weighted by molar-refractivity contribution is 6.26. The molecule has 14 N–H and O–H groups in total. The molecule has 0 radical (unpaired) electrons. The van der Waals surface area contributed by atoms with E-state index in [1.54, 1.807) is 0 Å². The van der Waals surface area contributed by atoms with Crippen LogP contribution < -0.4 is 0 Å². The summed E-state index contributed by atoms with van der Waals surface area (Å²) in [5.74, 6) is -13.0. The van der Waals surface area contributed by atoms with Gasteiger partial charge in [0, 0.05) is 5.56 Å². The molecule has 6 aromatic carbocycles. The highest BCUT2D eigenvalue weighted by Crippen LogP contribution is 2.61. The normalized spacial score (nSPS) is 11.7. The fourth-order valence-corrected chi connectivity index (χ4v) is 5.97. The zero-order valence-corrected chi connectivity index (χ0v) is 23.1. The standard InChI is InChI=1S/C32H20O15/c33-12-3-8-10(5-14(12)35)19(11-6-15(36)13(34)4-9(11)18(8)7-1-16(37)23(39)17(38)2-7)20-24(40)21-22-26(42)27(43)28(44)30(46)32(22)47-31(21)29(45)25(20)41/h1-6,33-46H. The third-order valence-corrected chi connectivity index (χ3v) is 8.10. The van der Waals surface area contributed by atoms with E-state index in [-0.39, 0.29) is 38.2 Å². The Morgan fingerprint density at radius 1 is 0.298 bits per heavy atom. The van der Waals surface area contributed by atoms with E-state index >= 15 is 0 Å². The molecule has 1 aromatic heterocycles. The van der Waals surface area contributed by atoms with Gasteiger partial charge in [-0.25, -0.2) is 0 Å². The molecular weight excluding hydrogens is 624 g/mol. The van der Waals surface area contributed by atoms with E-state index in [0.717, 1.165) is 36.4 Å². The van der Waals surface area contributed by atoms with Crippen LogP contribution in [0.15, 0.2) is 40.8 Å². The summed E-state index contributed by atoms with van der Waals surface area (Å²) in [6.45, 7) is 0. The maximum Gasteiger partial charge on any atom is 0.208 e. The van der Waals surface area contributed by atoms with Crippen molar-refractivity contribution in [3.05, 3.63) is 36.4 Å². The second kappa shape index (κ2) is 9.18. The van der Waals surface area contributed by atoms with Crippen LogP contribution in [0.1, 0.15) is 0 Å². The molecule has 1 heterocycles. The maximum atomic E-state index is 11.7. The van der Waals surface area contributed by atoms with E-state index in [9.17, 15) is 71.5 Å². The monoisotopic (exact) mass is 644 g/mol. The summed E-state index contributed by atoms with van der Waals surface area (Å²) >= 11 is 0. The van der Waals surface area contributed by atoms with Crippen molar-refractivity contribution in [3.63, 3.8) is 0 Å². The number of phenolic OH excluding ortho intramolecular Hbond substituents is 14. The second-order valence-corrected chi connectivity index (χ2v) is 10.7. The minimum absolute atomic E-state index is 0.0101. The molecule has 0 aliphatic heterocycles. The zero-order valence-electron chi connectivity index (χ0n) is 23.1. The van der Waals surface area contributed by atoms with Gasteiger partial charge in [-0.1, -0.05) is 0 Å². The van der Waals surface area contributed by atoms with E-state index in [2.05, 4.69) is 0 Å². The predicted octanol–water partition coefficient (Wildman–Crippen LogP) is 5.10. The number of benzene rings is 6. The molecule has 0 aliphatic rings. The molecule has 7 aromatic rings. The van der Waals surface area contributed by atoms with Crippen molar-refractivity contribution in [1.29, 1.82) is 0 Å². The van der Waals surface area contributed by atoms with Crippen LogP contribution in [0.3, 0.4) is 0 Å². The van der Waals surface area contributed by atoms with Gasteiger partial charge in [-0.05, 0) is 69.1 Å². The quantitative estimate of drug-likeness (QED) is 0.0661. The van der Waals surface area contributed by atoms with Crippen LogP contribution in [-0.2, 0) is 0 Å². The minimum Gasteiger partial charge on any atom is -0.506 e. The molecule has 15 nitrogen and oxygen atoms in total. The van der Waals surface area contributed by atoms with Crippen LogP contribution in [-0.4, -0.2) is 71.5 Å². The van der Waals surface area contributed by atoms with E-state index in [4.69, 9.17) is 4.42 Å². The van der Waals surface area contributed by atoms with Gasteiger partial charge in [-0.15, -0.1) is 0 Å². The summed E-state index contributed by atoms with van der Waals surface area (Å²) in [5, 5.41) is 147.